The normalized spacial score (nSPS) is 18.4. The van der Waals surface area contributed by atoms with Crippen LogP contribution >= 0.6 is 0 Å². The molecule has 10 heteroatoms. The largest absolute Gasteiger partial charge is 0.417 e. The van der Waals surface area contributed by atoms with Gasteiger partial charge in [-0.15, -0.1) is 0 Å². The fourth-order valence-electron chi connectivity index (χ4n) is 2.93. The highest BCUT2D eigenvalue weighted by Crippen LogP contribution is 2.28. The average Bonchev–Trinajstić information content (AvgIpc) is 3.40. The maximum absolute atomic E-state index is 12.8. The number of carbonyl (C=O) groups is 2. The standard InChI is InChI=1S/C17H21F3N4O3/c18-17(19,20)12-1-4-15(26)24(9-12)11-16(27)23-7-5-22(6-8-23)10-14(25)21-13-2-3-13/h1,4,9,13H,2-3,5-8,10-11H2,(H,21,25). The first-order valence-corrected chi connectivity index (χ1v) is 8.79. The van der Waals surface area contributed by atoms with Crippen molar-refractivity contribution in [2.45, 2.75) is 31.6 Å². The smallest absolute Gasteiger partial charge is 0.352 e. The molecule has 0 atom stereocenters. The van der Waals surface area contributed by atoms with Crippen molar-refractivity contribution in [3.63, 3.8) is 0 Å². The molecule has 1 aromatic heterocycles. The number of amides is 2. The zero-order valence-corrected chi connectivity index (χ0v) is 14.7. The number of rotatable bonds is 5. The zero-order chi connectivity index (χ0) is 19.6. The molecule has 2 heterocycles. The van der Waals surface area contributed by atoms with Crippen molar-refractivity contribution >= 4 is 11.8 Å². The quantitative estimate of drug-likeness (QED) is 0.790. The van der Waals surface area contributed by atoms with Gasteiger partial charge in [0.15, 0.2) is 0 Å². The van der Waals surface area contributed by atoms with Gasteiger partial charge < -0.3 is 14.8 Å². The van der Waals surface area contributed by atoms with Crippen molar-refractivity contribution < 1.29 is 22.8 Å². The molecule has 7 nitrogen and oxygen atoms in total. The number of hydrogen-bond donors (Lipinski definition) is 1. The lowest BCUT2D eigenvalue weighted by molar-refractivity contribution is -0.139. The molecule has 1 aromatic rings. The maximum Gasteiger partial charge on any atom is 0.417 e. The summed E-state index contributed by atoms with van der Waals surface area (Å²) in [6.45, 7) is 1.56. The van der Waals surface area contributed by atoms with Crippen LogP contribution in [0.4, 0.5) is 13.2 Å². The summed E-state index contributed by atoms with van der Waals surface area (Å²) in [5.74, 6) is -0.452. The highest BCUT2D eigenvalue weighted by molar-refractivity contribution is 5.79. The third kappa shape index (κ3) is 5.31. The summed E-state index contributed by atoms with van der Waals surface area (Å²) in [4.78, 5) is 39.3. The van der Waals surface area contributed by atoms with E-state index < -0.39 is 29.8 Å². The van der Waals surface area contributed by atoms with Crippen LogP contribution in [-0.4, -0.2) is 64.9 Å². The van der Waals surface area contributed by atoms with Crippen molar-refractivity contribution in [1.29, 1.82) is 0 Å². The summed E-state index contributed by atoms with van der Waals surface area (Å²) >= 11 is 0. The SMILES string of the molecule is O=C(CN1CCN(C(=O)Cn2cc(C(F)(F)F)ccc2=O)CC1)NC1CC1. The molecule has 2 amide bonds. The van der Waals surface area contributed by atoms with E-state index in [0.29, 0.717) is 44.5 Å². The Morgan fingerprint density at radius 1 is 1.07 bits per heavy atom. The van der Waals surface area contributed by atoms with E-state index in [1.165, 1.54) is 4.90 Å². The van der Waals surface area contributed by atoms with E-state index in [1.54, 1.807) is 0 Å². The van der Waals surface area contributed by atoms with E-state index >= 15 is 0 Å². The predicted octanol–water partition coefficient (Wildman–Crippen LogP) is 0.290. The van der Waals surface area contributed by atoms with E-state index in [1.807, 2.05) is 4.90 Å². The van der Waals surface area contributed by atoms with Crippen LogP contribution in [0.5, 0.6) is 0 Å². The van der Waals surface area contributed by atoms with Crippen LogP contribution in [-0.2, 0) is 22.3 Å². The van der Waals surface area contributed by atoms with Crippen LogP contribution in [0.2, 0.25) is 0 Å². The second-order valence-corrected chi connectivity index (χ2v) is 6.88. The van der Waals surface area contributed by atoms with Gasteiger partial charge in [0, 0.05) is 44.5 Å². The van der Waals surface area contributed by atoms with Crippen molar-refractivity contribution in [2.75, 3.05) is 32.7 Å². The van der Waals surface area contributed by atoms with Crippen LogP contribution in [0.1, 0.15) is 18.4 Å². The number of nitrogens with one attached hydrogen (secondary N) is 1. The van der Waals surface area contributed by atoms with Crippen molar-refractivity contribution in [3.8, 4) is 0 Å². The number of pyridine rings is 1. The Morgan fingerprint density at radius 3 is 2.33 bits per heavy atom. The van der Waals surface area contributed by atoms with Gasteiger partial charge >= 0.3 is 6.18 Å². The Morgan fingerprint density at radius 2 is 1.74 bits per heavy atom. The minimum atomic E-state index is -4.58. The van der Waals surface area contributed by atoms with Crippen LogP contribution < -0.4 is 10.9 Å². The molecule has 2 fully saturated rings. The molecule has 0 radical (unpaired) electrons. The van der Waals surface area contributed by atoms with E-state index in [-0.39, 0.29) is 12.5 Å². The first-order chi connectivity index (χ1) is 12.7. The molecular weight excluding hydrogens is 365 g/mol. The number of alkyl halides is 3. The average molecular weight is 386 g/mol. The van der Waals surface area contributed by atoms with Gasteiger partial charge in [0.2, 0.25) is 11.8 Å². The van der Waals surface area contributed by atoms with E-state index in [2.05, 4.69) is 5.32 Å². The first-order valence-electron chi connectivity index (χ1n) is 8.79. The number of carbonyl (C=O) groups excluding carboxylic acids is 2. The lowest BCUT2D eigenvalue weighted by Gasteiger charge is -2.34. The summed E-state index contributed by atoms with van der Waals surface area (Å²) in [6.07, 6.45) is -1.88. The molecular formula is C17H21F3N4O3. The third-order valence-corrected chi connectivity index (χ3v) is 4.65. The molecule has 148 valence electrons. The number of nitrogens with zero attached hydrogens (tertiary/aromatic N) is 3. The van der Waals surface area contributed by atoms with Crippen molar-refractivity contribution in [1.82, 2.24) is 19.7 Å². The molecule has 0 bridgehead atoms. The minimum Gasteiger partial charge on any atom is -0.352 e. The predicted molar refractivity (Wildman–Crippen MR) is 89.9 cm³/mol. The van der Waals surface area contributed by atoms with E-state index in [0.717, 1.165) is 23.5 Å². The Balaban J connectivity index is 1.52. The fraction of sp³-hybridized carbons (Fsp3) is 0.588. The van der Waals surface area contributed by atoms with E-state index in [9.17, 15) is 27.6 Å². The van der Waals surface area contributed by atoms with Gasteiger partial charge in [0.25, 0.3) is 5.56 Å². The van der Waals surface area contributed by atoms with Crippen molar-refractivity contribution in [3.05, 3.63) is 34.2 Å². The molecule has 1 saturated carbocycles. The third-order valence-electron chi connectivity index (χ3n) is 4.65. The molecule has 3 rings (SSSR count). The number of halogens is 3. The Hall–Kier alpha value is -2.36. The molecule has 0 unspecified atom stereocenters. The van der Waals surface area contributed by atoms with Crippen LogP contribution in [0.3, 0.4) is 0 Å². The molecule has 1 aliphatic carbocycles. The minimum absolute atomic E-state index is 0.0344. The molecule has 1 N–H and O–H groups in total. The maximum atomic E-state index is 12.8. The molecule has 0 spiro atoms. The molecule has 27 heavy (non-hydrogen) atoms. The fourth-order valence-corrected chi connectivity index (χ4v) is 2.93. The summed E-state index contributed by atoms with van der Waals surface area (Å²) in [5, 5.41) is 2.90. The zero-order valence-electron chi connectivity index (χ0n) is 14.7. The van der Waals surface area contributed by atoms with Gasteiger partial charge in [-0.2, -0.15) is 13.2 Å². The summed E-state index contributed by atoms with van der Waals surface area (Å²) < 4.78 is 39.1. The lowest BCUT2D eigenvalue weighted by atomic mass is 10.2. The Labute approximate surface area is 153 Å². The highest BCUT2D eigenvalue weighted by atomic mass is 19.4. The van der Waals surface area contributed by atoms with Crippen LogP contribution in [0, 0.1) is 0 Å². The van der Waals surface area contributed by atoms with Crippen LogP contribution in [0.15, 0.2) is 23.1 Å². The molecule has 0 aromatic carbocycles. The second-order valence-electron chi connectivity index (χ2n) is 6.88. The molecule has 1 saturated heterocycles. The molecule has 1 aliphatic heterocycles. The second kappa shape index (κ2) is 7.71. The van der Waals surface area contributed by atoms with Gasteiger partial charge in [0.05, 0.1) is 12.1 Å². The Bertz CT molecular complexity index is 765. The van der Waals surface area contributed by atoms with Gasteiger partial charge in [-0.05, 0) is 18.9 Å². The number of piperazine rings is 1. The van der Waals surface area contributed by atoms with E-state index in [4.69, 9.17) is 0 Å². The van der Waals surface area contributed by atoms with Gasteiger partial charge in [-0.25, -0.2) is 0 Å². The lowest BCUT2D eigenvalue weighted by Crippen LogP contribution is -2.52. The van der Waals surface area contributed by atoms with Crippen molar-refractivity contribution in [2.24, 2.45) is 0 Å². The monoisotopic (exact) mass is 386 g/mol. The van der Waals surface area contributed by atoms with Gasteiger partial charge in [-0.3, -0.25) is 19.3 Å². The van der Waals surface area contributed by atoms with Gasteiger partial charge in [-0.1, -0.05) is 0 Å². The topological polar surface area (TPSA) is 74.7 Å². The molecule has 2 aliphatic rings. The number of aromatic nitrogens is 1. The summed E-state index contributed by atoms with van der Waals surface area (Å²) in [6, 6.07) is 1.81. The van der Waals surface area contributed by atoms with Gasteiger partial charge in [0.1, 0.15) is 6.54 Å². The summed E-state index contributed by atoms with van der Waals surface area (Å²) in [7, 11) is 0. The summed E-state index contributed by atoms with van der Waals surface area (Å²) in [5.41, 5.74) is -1.63. The highest BCUT2D eigenvalue weighted by Gasteiger charge is 2.31. The number of hydrogen-bond acceptors (Lipinski definition) is 4. The van der Waals surface area contributed by atoms with Crippen LogP contribution in [0.25, 0.3) is 0 Å². The first kappa shape index (κ1) is 19.4. The Kier molecular flexibility index (Phi) is 5.54.